The number of aryl methyl sites for hydroxylation is 1. The maximum absolute atomic E-state index is 11.8. The molecule has 4 rings (SSSR count). The van der Waals surface area contributed by atoms with E-state index in [1.165, 1.54) is 12.5 Å². The average molecular weight is 509 g/mol. The van der Waals surface area contributed by atoms with Crippen LogP contribution >= 0.6 is 0 Å². The molecular formula is C25H32N8O2S. The summed E-state index contributed by atoms with van der Waals surface area (Å²) in [5.41, 5.74) is 10.2. The van der Waals surface area contributed by atoms with Crippen LogP contribution in [0.5, 0.6) is 0 Å². The summed E-state index contributed by atoms with van der Waals surface area (Å²) in [6.45, 7) is 0.563. The number of hydrogen-bond donors (Lipinski definition) is 3. The fourth-order valence-electron chi connectivity index (χ4n) is 4.56. The lowest BCUT2D eigenvalue weighted by molar-refractivity contribution is 0.463. The molecule has 0 amide bonds. The summed E-state index contributed by atoms with van der Waals surface area (Å²) in [5.74, 6) is 1.33. The van der Waals surface area contributed by atoms with Gasteiger partial charge in [0.1, 0.15) is 5.82 Å². The van der Waals surface area contributed by atoms with Gasteiger partial charge in [-0.2, -0.15) is 5.10 Å². The SMILES string of the molecule is CN=CC(=CN)c1cnc(-c2cccc(-c3cnn(C)c3)c2)nc1NCC1CCCC1NS(C)(=O)=O. The second kappa shape index (κ2) is 11.0. The standard InChI is InChI=1S/C25H32N8O2S/c1-27-12-20(11-26)22-15-29-24(18-7-4-6-17(10-18)21-14-30-33(2)16-21)31-25(22)28-13-19-8-5-9-23(19)32-36(3,34)35/h4,6-7,10-12,14-16,19,23,32H,5,8-9,13,26H2,1-3H3,(H,28,29,31). The zero-order chi connectivity index (χ0) is 25.7. The Kier molecular flexibility index (Phi) is 7.80. The minimum Gasteiger partial charge on any atom is -0.404 e. The van der Waals surface area contributed by atoms with E-state index in [1.807, 2.05) is 43.7 Å². The number of nitrogens with two attached hydrogens (primary N) is 1. The zero-order valence-electron chi connectivity index (χ0n) is 20.7. The van der Waals surface area contributed by atoms with Crippen LogP contribution in [0, 0.1) is 5.92 Å². The molecule has 190 valence electrons. The summed E-state index contributed by atoms with van der Waals surface area (Å²) in [5, 5.41) is 7.71. The summed E-state index contributed by atoms with van der Waals surface area (Å²) in [4.78, 5) is 13.6. The van der Waals surface area contributed by atoms with Crippen molar-refractivity contribution >= 4 is 27.6 Å². The van der Waals surface area contributed by atoms with E-state index in [4.69, 9.17) is 10.7 Å². The molecular weight excluding hydrogens is 476 g/mol. The Labute approximate surface area is 211 Å². The fourth-order valence-corrected chi connectivity index (χ4v) is 5.42. The number of nitrogens with zero attached hydrogens (tertiary/aromatic N) is 5. The van der Waals surface area contributed by atoms with Crippen LogP contribution in [-0.2, 0) is 17.1 Å². The van der Waals surface area contributed by atoms with Crippen molar-refractivity contribution in [3.8, 4) is 22.5 Å². The van der Waals surface area contributed by atoms with Crippen LogP contribution in [0.15, 0.2) is 54.0 Å². The molecule has 0 spiro atoms. The first-order valence-corrected chi connectivity index (χ1v) is 13.7. The highest BCUT2D eigenvalue weighted by atomic mass is 32.2. The lowest BCUT2D eigenvalue weighted by Crippen LogP contribution is -2.39. The molecule has 1 aliphatic carbocycles. The maximum atomic E-state index is 11.8. The smallest absolute Gasteiger partial charge is 0.208 e. The van der Waals surface area contributed by atoms with Crippen molar-refractivity contribution in [2.24, 2.45) is 23.7 Å². The van der Waals surface area contributed by atoms with Crippen LogP contribution in [0.2, 0.25) is 0 Å². The van der Waals surface area contributed by atoms with E-state index in [0.717, 1.165) is 41.5 Å². The van der Waals surface area contributed by atoms with E-state index < -0.39 is 10.0 Å². The quantitative estimate of drug-likeness (QED) is 0.378. The predicted molar refractivity (Wildman–Crippen MR) is 144 cm³/mol. The third-order valence-corrected chi connectivity index (χ3v) is 6.99. The lowest BCUT2D eigenvalue weighted by Gasteiger charge is -2.21. The summed E-state index contributed by atoms with van der Waals surface area (Å²) in [6, 6.07) is 7.89. The minimum atomic E-state index is -3.28. The third-order valence-electron chi connectivity index (χ3n) is 6.26. The van der Waals surface area contributed by atoms with E-state index in [0.29, 0.717) is 23.8 Å². The van der Waals surface area contributed by atoms with Crippen LogP contribution < -0.4 is 15.8 Å². The van der Waals surface area contributed by atoms with Crippen LogP contribution in [-0.4, -0.2) is 60.3 Å². The number of nitrogens with one attached hydrogen (secondary N) is 2. The Bertz CT molecular complexity index is 1380. The molecule has 1 saturated carbocycles. The van der Waals surface area contributed by atoms with E-state index in [-0.39, 0.29) is 12.0 Å². The first-order chi connectivity index (χ1) is 17.3. The molecule has 0 aliphatic heterocycles. The highest BCUT2D eigenvalue weighted by Gasteiger charge is 2.29. The molecule has 36 heavy (non-hydrogen) atoms. The molecule has 2 heterocycles. The number of anilines is 1. The van der Waals surface area contributed by atoms with Crippen LogP contribution in [0.3, 0.4) is 0 Å². The number of benzene rings is 1. The molecule has 2 atom stereocenters. The van der Waals surface area contributed by atoms with Crippen molar-refractivity contribution in [1.29, 1.82) is 0 Å². The Morgan fingerprint density at radius 2 is 2.06 bits per heavy atom. The van der Waals surface area contributed by atoms with Crippen LogP contribution in [0.4, 0.5) is 5.82 Å². The second-order valence-corrected chi connectivity index (χ2v) is 10.8. The topological polar surface area (TPSA) is 140 Å². The number of aromatic nitrogens is 4. The fraction of sp³-hybridized carbons (Fsp3) is 0.360. The van der Waals surface area contributed by atoms with Crippen molar-refractivity contribution in [2.75, 3.05) is 25.2 Å². The molecule has 2 aromatic heterocycles. The van der Waals surface area contributed by atoms with Crippen LogP contribution in [0.1, 0.15) is 24.8 Å². The first-order valence-electron chi connectivity index (χ1n) is 11.8. The van der Waals surface area contributed by atoms with Gasteiger partial charge in [0.25, 0.3) is 0 Å². The first kappa shape index (κ1) is 25.5. The average Bonchev–Trinajstić information content (AvgIpc) is 3.48. The molecule has 2 unspecified atom stereocenters. The van der Waals surface area contributed by atoms with E-state index in [9.17, 15) is 8.42 Å². The number of allylic oxidation sites excluding steroid dienone is 1. The van der Waals surface area contributed by atoms with Crippen molar-refractivity contribution in [3.63, 3.8) is 0 Å². The van der Waals surface area contributed by atoms with Gasteiger partial charge in [0.15, 0.2) is 5.82 Å². The molecule has 1 fully saturated rings. The summed E-state index contributed by atoms with van der Waals surface area (Å²) >= 11 is 0. The maximum Gasteiger partial charge on any atom is 0.208 e. The third kappa shape index (κ3) is 6.16. The summed E-state index contributed by atoms with van der Waals surface area (Å²) in [7, 11) is 0.284. The van der Waals surface area contributed by atoms with Gasteiger partial charge in [-0.05, 0) is 30.4 Å². The summed E-state index contributed by atoms with van der Waals surface area (Å²) in [6.07, 6.45) is 12.6. The largest absolute Gasteiger partial charge is 0.404 e. The van der Waals surface area contributed by atoms with Gasteiger partial charge in [-0.15, -0.1) is 0 Å². The van der Waals surface area contributed by atoms with Crippen LogP contribution in [0.25, 0.3) is 28.1 Å². The molecule has 10 nitrogen and oxygen atoms in total. The monoisotopic (exact) mass is 508 g/mol. The second-order valence-electron chi connectivity index (χ2n) is 9.02. The Balaban J connectivity index is 1.65. The van der Waals surface area contributed by atoms with Gasteiger partial charge < -0.3 is 11.1 Å². The lowest BCUT2D eigenvalue weighted by atomic mass is 10.0. The van der Waals surface area contributed by atoms with Gasteiger partial charge in [0.05, 0.1) is 12.5 Å². The molecule has 0 saturated heterocycles. The Morgan fingerprint density at radius 1 is 1.25 bits per heavy atom. The van der Waals surface area contributed by atoms with E-state index in [2.05, 4.69) is 25.1 Å². The molecule has 11 heteroatoms. The van der Waals surface area contributed by atoms with Crippen molar-refractivity contribution in [1.82, 2.24) is 24.5 Å². The molecule has 4 N–H and O–H groups in total. The van der Waals surface area contributed by atoms with Gasteiger partial charge in [-0.1, -0.05) is 24.6 Å². The van der Waals surface area contributed by atoms with Gasteiger partial charge in [0, 0.05) is 73.8 Å². The minimum absolute atomic E-state index is 0.102. The Hall–Kier alpha value is -3.57. The number of hydrogen-bond acceptors (Lipinski definition) is 8. The molecule has 0 bridgehead atoms. The van der Waals surface area contributed by atoms with Crippen molar-refractivity contribution in [3.05, 3.63) is 54.6 Å². The van der Waals surface area contributed by atoms with E-state index in [1.54, 1.807) is 24.1 Å². The van der Waals surface area contributed by atoms with Gasteiger partial charge in [-0.3, -0.25) is 9.67 Å². The van der Waals surface area contributed by atoms with Crippen molar-refractivity contribution < 1.29 is 8.42 Å². The van der Waals surface area contributed by atoms with Crippen molar-refractivity contribution in [2.45, 2.75) is 25.3 Å². The number of sulfonamides is 1. The molecule has 1 aliphatic rings. The molecule has 1 aromatic carbocycles. The van der Waals surface area contributed by atoms with Gasteiger partial charge in [-0.25, -0.2) is 23.1 Å². The number of rotatable bonds is 9. The van der Waals surface area contributed by atoms with Gasteiger partial charge in [0.2, 0.25) is 10.0 Å². The number of aliphatic imine (C=N–C) groups is 1. The highest BCUT2D eigenvalue weighted by molar-refractivity contribution is 7.88. The molecule has 0 radical (unpaired) electrons. The predicted octanol–water partition coefficient (Wildman–Crippen LogP) is 2.67. The summed E-state index contributed by atoms with van der Waals surface area (Å²) < 4.78 is 28.1. The molecule has 3 aromatic rings. The highest BCUT2D eigenvalue weighted by Crippen LogP contribution is 2.30. The zero-order valence-corrected chi connectivity index (χ0v) is 21.5. The normalized spacial score (nSPS) is 18.7. The van der Waals surface area contributed by atoms with Gasteiger partial charge >= 0.3 is 0 Å². The van der Waals surface area contributed by atoms with E-state index >= 15 is 0 Å². The Morgan fingerprint density at radius 3 is 2.75 bits per heavy atom.